The minimum absolute atomic E-state index is 0.114. The third kappa shape index (κ3) is 4.18. The monoisotopic (exact) mass is 385 g/mol. The summed E-state index contributed by atoms with van der Waals surface area (Å²) in [5.41, 5.74) is 2.06. The zero-order valence-corrected chi connectivity index (χ0v) is 16.3. The summed E-state index contributed by atoms with van der Waals surface area (Å²) in [6.07, 6.45) is 2.45. The molecule has 8 heteroatoms. The molecule has 8 nitrogen and oxygen atoms in total. The molecule has 1 amide bonds. The number of fused-ring (bicyclic) bond motifs is 1. The van der Waals surface area contributed by atoms with Crippen molar-refractivity contribution in [1.29, 1.82) is 0 Å². The molecule has 0 N–H and O–H groups in total. The molecule has 2 fully saturated rings. The van der Waals surface area contributed by atoms with E-state index in [0.29, 0.717) is 12.5 Å². The Balaban J connectivity index is 1.34. The van der Waals surface area contributed by atoms with Gasteiger partial charge in [0.25, 0.3) is 0 Å². The van der Waals surface area contributed by atoms with E-state index in [1.807, 2.05) is 11.0 Å². The molecule has 4 rings (SSSR count). The Morgan fingerprint density at radius 3 is 2.79 bits per heavy atom. The lowest BCUT2D eigenvalue weighted by molar-refractivity contribution is -0.134. The number of aromatic nitrogens is 2. The van der Waals surface area contributed by atoms with E-state index >= 15 is 0 Å². The predicted molar refractivity (Wildman–Crippen MR) is 107 cm³/mol. The van der Waals surface area contributed by atoms with E-state index in [0.717, 1.165) is 63.1 Å². The van der Waals surface area contributed by atoms with E-state index < -0.39 is 0 Å². The maximum atomic E-state index is 12.0. The van der Waals surface area contributed by atoms with Gasteiger partial charge in [0, 0.05) is 58.1 Å². The fraction of sp³-hybridized carbons (Fsp3) is 0.550. The quantitative estimate of drug-likeness (QED) is 0.761. The molecule has 2 aliphatic rings. The van der Waals surface area contributed by atoms with Crippen molar-refractivity contribution in [2.75, 3.05) is 71.0 Å². The molecule has 0 bridgehead atoms. The normalized spacial score (nSPS) is 19.1. The van der Waals surface area contributed by atoms with Crippen molar-refractivity contribution in [3.63, 3.8) is 0 Å². The first-order chi connectivity index (χ1) is 13.7. The first-order valence-electron chi connectivity index (χ1n) is 9.86. The number of rotatable bonds is 5. The van der Waals surface area contributed by atoms with Gasteiger partial charge in [0.05, 0.1) is 18.0 Å². The molecule has 0 saturated carbocycles. The van der Waals surface area contributed by atoms with Gasteiger partial charge < -0.3 is 19.3 Å². The van der Waals surface area contributed by atoms with E-state index in [4.69, 9.17) is 9.47 Å². The van der Waals surface area contributed by atoms with Gasteiger partial charge in [-0.1, -0.05) is 0 Å². The molecule has 0 unspecified atom stereocenters. The van der Waals surface area contributed by atoms with Crippen molar-refractivity contribution >= 4 is 22.5 Å². The third-order valence-electron chi connectivity index (χ3n) is 5.49. The summed E-state index contributed by atoms with van der Waals surface area (Å²) in [5.74, 6) is 0.722. The van der Waals surface area contributed by atoms with E-state index in [2.05, 4.69) is 31.9 Å². The highest BCUT2D eigenvalue weighted by molar-refractivity contribution is 5.86. The van der Waals surface area contributed by atoms with Crippen LogP contribution in [0.2, 0.25) is 0 Å². The molecule has 1 aromatic heterocycles. The average Bonchev–Trinajstić information content (AvgIpc) is 2.95. The van der Waals surface area contributed by atoms with Crippen molar-refractivity contribution in [2.24, 2.45) is 0 Å². The molecule has 2 aliphatic heterocycles. The number of piperazine rings is 1. The van der Waals surface area contributed by atoms with Crippen LogP contribution in [-0.2, 0) is 9.53 Å². The lowest BCUT2D eigenvalue weighted by Gasteiger charge is -2.37. The largest absolute Gasteiger partial charge is 0.480 e. The van der Waals surface area contributed by atoms with Crippen LogP contribution in [0.5, 0.6) is 5.88 Å². The standard InChI is InChI=1S/C20H27N5O3/c1-27-20-17-13-16(3-4-18(17)21-15-22-20)24-9-6-23(7-10-24)8-11-25-5-2-12-28-14-19(25)26/h3-4,13,15H,2,5-12,14H2,1H3. The topological polar surface area (TPSA) is 71.0 Å². The van der Waals surface area contributed by atoms with Crippen LogP contribution >= 0.6 is 0 Å². The first kappa shape index (κ1) is 18.9. The fourth-order valence-corrected chi connectivity index (χ4v) is 3.84. The van der Waals surface area contributed by atoms with Crippen LogP contribution < -0.4 is 9.64 Å². The molecule has 2 aromatic rings. The Labute approximate surface area is 165 Å². The summed E-state index contributed by atoms with van der Waals surface area (Å²) in [7, 11) is 1.63. The number of hydrogen-bond acceptors (Lipinski definition) is 7. The van der Waals surface area contributed by atoms with Crippen LogP contribution in [0.4, 0.5) is 5.69 Å². The van der Waals surface area contributed by atoms with Crippen molar-refractivity contribution in [2.45, 2.75) is 6.42 Å². The van der Waals surface area contributed by atoms with Crippen molar-refractivity contribution in [1.82, 2.24) is 19.8 Å². The summed E-state index contributed by atoms with van der Waals surface area (Å²) in [4.78, 5) is 27.3. The van der Waals surface area contributed by atoms with Gasteiger partial charge in [-0.2, -0.15) is 0 Å². The van der Waals surface area contributed by atoms with Gasteiger partial charge in [-0.15, -0.1) is 0 Å². The van der Waals surface area contributed by atoms with Crippen LogP contribution in [0.3, 0.4) is 0 Å². The molecule has 28 heavy (non-hydrogen) atoms. The lowest BCUT2D eigenvalue weighted by atomic mass is 10.2. The lowest BCUT2D eigenvalue weighted by Crippen LogP contribution is -2.49. The molecule has 2 saturated heterocycles. The number of amides is 1. The molecule has 0 atom stereocenters. The highest BCUT2D eigenvalue weighted by Crippen LogP contribution is 2.27. The second kappa shape index (κ2) is 8.70. The van der Waals surface area contributed by atoms with Gasteiger partial charge in [-0.3, -0.25) is 9.69 Å². The van der Waals surface area contributed by atoms with Gasteiger partial charge in [0.15, 0.2) is 0 Å². The Morgan fingerprint density at radius 2 is 1.96 bits per heavy atom. The van der Waals surface area contributed by atoms with Crippen molar-refractivity contribution in [3.05, 3.63) is 24.5 Å². The number of ether oxygens (including phenoxy) is 2. The number of hydrogen-bond donors (Lipinski definition) is 0. The SMILES string of the molecule is COc1ncnc2ccc(N3CCN(CCN4CCCOCC4=O)CC3)cc12. The van der Waals surface area contributed by atoms with Crippen molar-refractivity contribution in [3.8, 4) is 5.88 Å². The second-order valence-corrected chi connectivity index (χ2v) is 7.20. The average molecular weight is 385 g/mol. The Bertz CT molecular complexity index is 823. The zero-order chi connectivity index (χ0) is 19.3. The number of carbonyl (C=O) groups is 1. The summed E-state index contributed by atoms with van der Waals surface area (Å²) in [5, 5.41) is 0.937. The molecule has 0 spiro atoms. The maximum absolute atomic E-state index is 12.0. The summed E-state index contributed by atoms with van der Waals surface area (Å²) < 4.78 is 10.7. The Kier molecular flexibility index (Phi) is 5.87. The van der Waals surface area contributed by atoms with Gasteiger partial charge in [0.2, 0.25) is 11.8 Å². The summed E-state index contributed by atoms with van der Waals surface area (Å²) >= 11 is 0. The smallest absolute Gasteiger partial charge is 0.248 e. The first-order valence-corrected chi connectivity index (χ1v) is 9.86. The van der Waals surface area contributed by atoms with E-state index in [-0.39, 0.29) is 12.5 Å². The van der Waals surface area contributed by atoms with Crippen LogP contribution in [0.25, 0.3) is 10.9 Å². The van der Waals surface area contributed by atoms with Crippen molar-refractivity contribution < 1.29 is 14.3 Å². The molecule has 0 aliphatic carbocycles. The third-order valence-corrected chi connectivity index (χ3v) is 5.49. The molecular formula is C20H27N5O3. The van der Waals surface area contributed by atoms with Crippen LogP contribution in [-0.4, -0.2) is 91.8 Å². The van der Waals surface area contributed by atoms with Gasteiger partial charge >= 0.3 is 0 Å². The highest BCUT2D eigenvalue weighted by atomic mass is 16.5. The Morgan fingerprint density at radius 1 is 1.11 bits per heavy atom. The molecule has 3 heterocycles. The molecule has 150 valence electrons. The van der Waals surface area contributed by atoms with Gasteiger partial charge in [-0.25, -0.2) is 9.97 Å². The van der Waals surface area contributed by atoms with Crippen LogP contribution in [0.1, 0.15) is 6.42 Å². The van der Waals surface area contributed by atoms with E-state index in [9.17, 15) is 4.79 Å². The van der Waals surface area contributed by atoms with E-state index in [1.165, 1.54) is 12.0 Å². The highest BCUT2D eigenvalue weighted by Gasteiger charge is 2.21. The van der Waals surface area contributed by atoms with Crippen LogP contribution in [0.15, 0.2) is 24.5 Å². The number of methoxy groups -OCH3 is 1. The number of anilines is 1. The molecular weight excluding hydrogens is 358 g/mol. The number of benzene rings is 1. The van der Waals surface area contributed by atoms with Gasteiger partial charge in [0.1, 0.15) is 12.9 Å². The second-order valence-electron chi connectivity index (χ2n) is 7.20. The number of carbonyl (C=O) groups excluding carboxylic acids is 1. The van der Waals surface area contributed by atoms with Gasteiger partial charge in [-0.05, 0) is 24.6 Å². The van der Waals surface area contributed by atoms with E-state index in [1.54, 1.807) is 7.11 Å². The molecule has 1 aromatic carbocycles. The predicted octanol–water partition coefficient (Wildman–Crippen LogP) is 1.01. The number of nitrogens with zero attached hydrogens (tertiary/aromatic N) is 5. The zero-order valence-electron chi connectivity index (χ0n) is 16.3. The summed E-state index contributed by atoms with van der Waals surface area (Å²) in [6.45, 7) is 7.30. The summed E-state index contributed by atoms with van der Waals surface area (Å²) in [6, 6.07) is 6.24. The van der Waals surface area contributed by atoms with Crippen LogP contribution in [0, 0.1) is 0 Å². The Hall–Kier alpha value is -2.45. The minimum Gasteiger partial charge on any atom is -0.480 e. The molecule has 0 radical (unpaired) electrons. The minimum atomic E-state index is 0.114. The maximum Gasteiger partial charge on any atom is 0.248 e. The fourth-order valence-electron chi connectivity index (χ4n) is 3.84.